The average Bonchev–Trinajstić information content (AvgIpc) is 2.74. The lowest BCUT2D eigenvalue weighted by molar-refractivity contribution is 0.397. The predicted molar refractivity (Wildman–Crippen MR) is 68.7 cm³/mol. The molecule has 0 aliphatic heterocycles. The van der Waals surface area contributed by atoms with Crippen LogP contribution in [-0.4, -0.2) is 33.3 Å². The molecule has 2 heterocycles. The van der Waals surface area contributed by atoms with Gasteiger partial charge in [-0.25, -0.2) is 9.97 Å². The molecule has 0 radical (unpaired) electrons. The smallest absolute Gasteiger partial charge is 0.218 e. The normalized spacial score (nSPS) is 12.2. The fourth-order valence-corrected chi connectivity index (χ4v) is 1.73. The van der Waals surface area contributed by atoms with Crippen LogP contribution in [0.2, 0.25) is 0 Å². The number of H-pyrrole nitrogens is 1. The summed E-state index contributed by atoms with van der Waals surface area (Å²) in [5.74, 6) is 1.30. The Balaban J connectivity index is 1.96. The minimum absolute atomic E-state index is 0.229. The van der Waals surface area contributed by atoms with Gasteiger partial charge in [0.15, 0.2) is 0 Å². The van der Waals surface area contributed by atoms with Gasteiger partial charge in [-0.3, -0.25) is 5.10 Å². The Morgan fingerprint density at radius 2 is 2.22 bits per heavy atom. The third-order valence-corrected chi connectivity index (χ3v) is 2.52. The molecule has 2 aromatic rings. The molecule has 0 unspecified atom stereocenters. The molecule has 0 amide bonds. The van der Waals surface area contributed by atoms with Crippen molar-refractivity contribution in [3.8, 4) is 5.88 Å². The van der Waals surface area contributed by atoms with Gasteiger partial charge in [0.25, 0.3) is 0 Å². The van der Waals surface area contributed by atoms with Crippen LogP contribution in [0.25, 0.3) is 0 Å². The third-order valence-electron chi connectivity index (χ3n) is 2.52. The van der Waals surface area contributed by atoms with E-state index >= 15 is 0 Å². The second kappa shape index (κ2) is 5.48. The van der Waals surface area contributed by atoms with E-state index in [-0.39, 0.29) is 6.04 Å². The highest BCUT2D eigenvalue weighted by atomic mass is 16.5. The van der Waals surface area contributed by atoms with Crippen LogP contribution in [0.5, 0.6) is 5.88 Å². The van der Waals surface area contributed by atoms with Gasteiger partial charge in [0.05, 0.1) is 12.8 Å². The number of aromatic amines is 1. The maximum Gasteiger partial charge on any atom is 0.218 e. The molecular formula is C12H17N5O. The van der Waals surface area contributed by atoms with Crippen molar-refractivity contribution in [1.82, 2.24) is 20.2 Å². The summed E-state index contributed by atoms with van der Waals surface area (Å²) in [6, 6.07) is 4.04. The standard InChI is InChI=1S/C12H17N5O/c1-8(4-10-5-9(2)16-17-10)15-11-6-12(18-3)14-7-13-11/h5-8H,4H2,1-3H3,(H,16,17)(H,13,14,15)/t8-/m1/s1. The lowest BCUT2D eigenvalue weighted by Gasteiger charge is -2.13. The molecule has 0 bridgehead atoms. The van der Waals surface area contributed by atoms with Crippen LogP contribution in [0.15, 0.2) is 18.5 Å². The van der Waals surface area contributed by atoms with Crippen molar-refractivity contribution in [2.75, 3.05) is 12.4 Å². The number of nitrogens with zero attached hydrogens (tertiary/aromatic N) is 3. The summed E-state index contributed by atoms with van der Waals surface area (Å²) in [6.07, 6.45) is 2.31. The molecule has 6 heteroatoms. The van der Waals surface area contributed by atoms with E-state index in [9.17, 15) is 0 Å². The highest BCUT2D eigenvalue weighted by Gasteiger charge is 2.07. The number of hydrogen-bond acceptors (Lipinski definition) is 5. The Morgan fingerprint density at radius 3 is 2.89 bits per heavy atom. The molecule has 0 aromatic carbocycles. The van der Waals surface area contributed by atoms with Crippen molar-refractivity contribution >= 4 is 5.82 Å². The summed E-state index contributed by atoms with van der Waals surface area (Å²) in [5, 5.41) is 10.4. The summed E-state index contributed by atoms with van der Waals surface area (Å²) >= 11 is 0. The molecule has 0 spiro atoms. The van der Waals surface area contributed by atoms with Gasteiger partial charge in [-0.15, -0.1) is 0 Å². The Bertz CT molecular complexity index is 511. The fourth-order valence-electron chi connectivity index (χ4n) is 1.73. The topological polar surface area (TPSA) is 75.7 Å². The molecular weight excluding hydrogens is 230 g/mol. The molecule has 96 valence electrons. The molecule has 18 heavy (non-hydrogen) atoms. The number of anilines is 1. The second-order valence-corrected chi connectivity index (χ2v) is 4.24. The zero-order valence-electron chi connectivity index (χ0n) is 10.8. The SMILES string of the molecule is COc1cc(N[C@H](C)Cc2cc(C)[nH]n2)ncn1. The van der Waals surface area contributed by atoms with E-state index in [2.05, 4.69) is 32.4 Å². The number of methoxy groups -OCH3 is 1. The van der Waals surface area contributed by atoms with Crippen molar-refractivity contribution in [3.05, 3.63) is 29.8 Å². The lowest BCUT2D eigenvalue weighted by Crippen LogP contribution is -2.19. The number of aromatic nitrogens is 4. The highest BCUT2D eigenvalue weighted by molar-refractivity contribution is 5.38. The molecule has 2 aromatic heterocycles. The highest BCUT2D eigenvalue weighted by Crippen LogP contribution is 2.12. The van der Waals surface area contributed by atoms with Gasteiger partial charge in [-0.1, -0.05) is 0 Å². The molecule has 0 saturated carbocycles. The van der Waals surface area contributed by atoms with Crippen LogP contribution >= 0.6 is 0 Å². The number of nitrogens with one attached hydrogen (secondary N) is 2. The van der Waals surface area contributed by atoms with Gasteiger partial charge >= 0.3 is 0 Å². The first kappa shape index (κ1) is 12.3. The summed E-state index contributed by atoms with van der Waals surface area (Å²) in [7, 11) is 1.59. The van der Waals surface area contributed by atoms with E-state index in [0.29, 0.717) is 5.88 Å². The molecule has 1 atom stereocenters. The number of ether oxygens (including phenoxy) is 1. The zero-order chi connectivity index (χ0) is 13.0. The summed E-state index contributed by atoms with van der Waals surface area (Å²) in [5.41, 5.74) is 2.11. The summed E-state index contributed by atoms with van der Waals surface area (Å²) < 4.78 is 5.05. The summed E-state index contributed by atoms with van der Waals surface area (Å²) in [6.45, 7) is 4.07. The van der Waals surface area contributed by atoms with Crippen LogP contribution in [0.4, 0.5) is 5.82 Å². The molecule has 0 aliphatic carbocycles. The Hall–Kier alpha value is -2.11. The minimum atomic E-state index is 0.229. The maximum atomic E-state index is 5.05. The van der Waals surface area contributed by atoms with Gasteiger partial charge in [0, 0.05) is 24.2 Å². The van der Waals surface area contributed by atoms with Gasteiger partial charge in [0.2, 0.25) is 5.88 Å². The van der Waals surface area contributed by atoms with Crippen LogP contribution in [0, 0.1) is 6.92 Å². The molecule has 0 fully saturated rings. The van der Waals surface area contributed by atoms with Gasteiger partial charge < -0.3 is 10.1 Å². The Kier molecular flexibility index (Phi) is 3.76. The first-order valence-corrected chi connectivity index (χ1v) is 5.81. The summed E-state index contributed by atoms with van der Waals surface area (Å²) in [4.78, 5) is 8.11. The second-order valence-electron chi connectivity index (χ2n) is 4.24. The fraction of sp³-hybridized carbons (Fsp3) is 0.417. The van der Waals surface area contributed by atoms with Gasteiger partial charge in [-0.05, 0) is 19.9 Å². The molecule has 2 N–H and O–H groups in total. The van der Waals surface area contributed by atoms with E-state index in [1.165, 1.54) is 6.33 Å². The third kappa shape index (κ3) is 3.19. The predicted octanol–water partition coefficient (Wildman–Crippen LogP) is 1.56. The van der Waals surface area contributed by atoms with Crippen molar-refractivity contribution < 1.29 is 4.74 Å². The number of rotatable bonds is 5. The Morgan fingerprint density at radius 1 is 1.39 bits per heavy atom. The largest absolute Gasteiger partial charge is 0.481 e. The minimum Gasteiger partial charge on any atom is -0.481 e. The van der Waals surface area contributed by atoms with Gasteiger partial charge in [-0.2, -0.15) is 5.10 Å². The van der Waals surface area contributed by atoms with E-state index in [1.807, 2.05) is 13.0 Å². The first-order valence-electron chi connectivity index (χ1n) is 5.81. The molecule has 0 aliphatic rings. The van der Waals surface area contributed by atoms with Crippen molar-refractivity contribution in [3.63, 3.8) is 0 Å². The van der Waals surface area contributed by atoms with E-state index in [1.54, 1.807) is 13.2 Å². The molecule has 6 nitrogen and oxygen atoms in total. The monoisotopic (exact) mass is 247 g/mol. The quantitative estimate of drug-likeness (QED) is 0.838. The Labute approximate surface area is 106 Å². The van der Waals surface area contributed by atoms with E-state index in [4.69, 9.17) is 4.74 Å². The van der Waals surface area contributed by atoms with Crippen molar-refractivity contribution in [2.45, 2.75) is 26.3 Å². The number of hydrogen-bond donors (Lipinski definition) is 2. The maximum absolute atomic E-state index is 5.05. The van der Waals surface area contributed by atoms with E-state index in [0.717, 1.165) is 23.6 Å². The van der Waals surface area contributed by atoms with Crippen molar-refractivity contribution in [2.24, 2.45) is 0 Å². The van der Waals surface area contributed by atoms with Crippen LogP contribution in [0.3, 0.4) is 0 Å². The van der Waals surface area contributed by atoms with Gasteiger partial charge in [0.1, 0.15) is 12.1 Å². The zero-order valence-corrected chi connectivity index (χ0v) is 10.8. The van der Waals surface area contributed by atoms with Crippen molar-refractivity contribution in [1.29, 1.82) is 0 Å². The van der Waals surface area contributed by atoms with Crippen LogP contribution < -0.4 is 10.1 Å². The number of aryl methyl sites for hydroxylation is 1. The average molecular weight is 247 g/mol. The van der Waals surface area contributed by atoms with E-state index < -0.39 is 0 Å². The molecule has 0 saturated heterocycles. The first-order chi connectivity index (χ1) is 8.67. The van der Waals surface area contributed by atoms with Crippen LogP contribution in [-0.2, 0) is 6.42 Å². The lowest BCUT2D eigenvalue weighted by atomic mass is 10.2. The molecule has 2 rings (SSSR count). The van der Waals surface area contributed by atoms with Crippen LogP contribution in [0.1, 0.15) is 18.3 Å².